The standard InChI is InChI=1S/C16H13ClN4O2/c17-13-8-11(4-6-15-20-21-16(18)23-15)3-5-14(13)22-10-12-2-1-7-19-9-12/h1-9H,10H2,(H2,18,21)/b6-4+. The van der Waals surface area contributed by atoms with Crippen molar-refractivity contribution in [1.82, 2.24) is 15.2 Å². The molecule has 0 bridgehead atoms. The molecule has 0 aliphatic carbocycles. The van der Waals surface area contributed by atoms with Gasteiger partial charge >= 0.3 is 6.01 Å². The van der Waals surface area contributed by atoms with Crippen LogP contribution in [0.2, 0.25) is 5.02 Å². The molecule has 2 N–H and O–H groups in total. The summed E-state index contributed by atoms with van der Waals surface area (Å²) in [5, 5.41) is 7.83. The van der Waals surface area contributed by atoms with Gasteiger partial charge in [0.2, 0.25) is 5.89 Å². The monoisotopic (exact) mass is 328 g/mol. The molecule has 1 aromatic carbocycles. The van der Waals surface area contributed by atoms with Gasteiger partial charge in [-0.25, -0.2) is 0 Å². The fourth-order valence-corrected chi connectivity index (χ4v) is 2.11. The van der Waals surface area contributed by atoms with E-state index in [-0.39, 0.29) is 6.01 Å². The molecule has 2 heterocycles. The molecule has 2 aromatic heterocycles. The summed E-state index contributed by atoms with van der Waals surface area (Å²) < 4.78 is 10.7. The molecule has 0 amide bonds. The van der Waals surface area contributed by atoms with Crippen molar-refractivity contribution in [1.29, 1.82) is 0 Å². The summed E-state index contributed by atoms with van der Waals surface area (Å²) >= 11 is 6.24. The summed E-state index contributed by atoms with van der Waals surface area (Å²) in [7, 11) is 0. The molecule has 7 heteroatoms. The Kier molecular flexibility index (Phi) is 4.54. The number of hydrogen-bond acceptors (Lipinski definition) is 6. The number of rotatable bonds is 5. The van der Waals surface area contributed by atoms with Crippen molar-refractivity contribution in [2.24, 2.45) is 0 Å². The number of nitrogens with two attached hydrogens (primary N) is 1. The number of nitrogen functional groups attached to an aromatic ring is 1. The first-order valence-corrected chi connectivity index (χ1v) is 7.17. The van der Waals surface area contributed by atoms with E-state index in [2.05, 4.69) is 15.2 Å². The van der Waals surface area contributed by atoms with Gasteiger partial charge in [0, 0.05) is 24.0 Å². The lowest BCUT2D eigenvalue weighted by Gasteiger charge is -2.08. The third kappa shape index (κ3) is 4.08. The minimum atomic E-state index is 0.0295. The number of pyridine rings is 1. The van der Waals surface area contributed by atoms with Crippen LogP contribution in [0.25, 0.3) is 12.2 Å². The van der Waals surface area contributed by atoms with E-state index in [1.807, 2.05) is 18.2 Å². The van der Waals surface area contributed by atoms with Gasteiger partial charge in [0.25, 0.3) is 0 Å². The summed E-state index contributed by atoms with van der Waals surface area (Å²) in [6.07, 6.45) is 6.92. The van der Waals surface area contributed by atoms with Gasteiger partial charge < -0.3 is 14.9 Å². The van der Waals surface area contributed by atoms with Crippen molar-refractivity contribution >= 4 is 29.8 Å². The lowest BCUT2D eigenvalue weighted by molar-refractivity contribution is 0.306. The van der Waals surface area contributed by atoms with Crippen LogP contribution in [0, 0.1) is 0 Å². The smallest absolute Gasteiger partial charge is 0.313 e. The average Bonchev–Trinajstić information content (AvgIpc) is 2.98. The van der Waals surface area contributed by atoms with Gasteiger partial charge in [-0.15, -0.1) is 5.10 Å². The van der Waals surface area contributed by atoms with Gasteiger partial charge in [-0.3, -0.25) is 4.98 Å². The van der Waals surface area contributed by atoms with E-state index in [1.165, 1.54) is 0 Å². The van der Waals surface area contributed by atoms with E-state index < -0.39 is 0 Å². The van der Waals surface area contributed by atoms with Gasteiger partial charge in [-0.1, -0.05) is 28.8 Å². The Hall–Kier alpha value is -2.86. The van der Waals surface area contributed by atoms with Crippen LogP contribution < -0.4 is 10.5 Å². The van der Waals surface area contributed by atoms with Crippen molar-refractivity contribution < 1.29 is 9.15 Å². The minimum absolute atomic E-state index is 0.0295. The third-order valence-electron chi connectivity index (χ3n) is 2.95. The van der Waals surface area contributed by atoms with Crippen molar-refractivity contribution in [3.05, 3.63) is 64.8 Å². The van der Waals surface area contributed by atoms with E-state index in [4.69, 9.17) is 26.5 Å². The largest absolute Gasteiger partial charge is 0.487 e. The van der Waals surface area contributed by atoms with Crippen molar-refractivity contribution in [3.63, 3.8) is 0 Å². The molecule has 116 valence electrons. The Labute approximate surface area is 137 Å². The van der Waals surface area contributed by atoms with Crippen LogP contribution in [-0.2, 0) is 6.61 Å². The first-order valence-electron chi connectivity index (χ1n) is 6.79. The number of benzene rings is 1. The van der Waals surface area contributed by atoms with Crippen molar-refractivity contribution in [3.8, 4) is 5.75 Å². The summed E-state index contributed by atoms with van der Waals surface area (Å²) in [4.78, 5) is 4.04. The van der Waals surface area contributed by atoms with E-state index >= 15 is 0 Å². The Morgan fingerprint density at radius 3 is 2.83 bits per heavy atom. The first kappa shape index (κ1) is 15.1. The third-order valence-corrected chi connectivity index (χ3v) is 3.24. The predicted molar refractivity (Wildman–Crippen MR) is 87.7 cm³/mol. The molecule has 3 aromatic rings. The van der Waals surface area contributed by atoms with E-state index in [0.717, 1.165) is 11.1 Å². The lowest BCUT2D eigenvalue weighted by atomic mass is 10.2. The maximum atomic E-state index is 6.24. The van der Waals surface area contributed by atoms with Crippen LogP contribution in [-0.4, -0.2) is 15.2 Å². The quantitative estimate of drug-likeness (QED) is 0.771. The van der Waals surface area contributed by atoms with E-state index in [1.54, 1.807) is 36.7 Å². The maximum Gasteiger partial charge on any atom is 0.313 e. The van der Waals surface area contributed by atoms with E-state index in [9.17, 15) is 0 Å². The second kappa shape index (κ2) is 6.93. The molecule has 23 heavy (non-hydrogen) atoms. The number of nitrogens with zero attached hydrogens (tertiary/aromatic N) is 3. The molecule has 0 unspecified atom stereocenters. The molecule has 6 nitrogen and oxygen atoms in total. The highest BCUT2D eigenvalue weighted by atomic mass is 35.5. The second-order valence-electron chi connectivity index (χ2n) is 4.65. The number of ether oxygens (including phenoxy) is 1. The van der Waals surface area contributed by atoms with Crippen LogP contribution >= 0.6 is 11.6 Å². The molecular weight excluding hydrogens is 316 g/mol. The van der Waals surface area contributed by atoms with E-state index in [0.29, 0.717) is 23.3 Å². The molecular formula is C16H13ClN4O2. The minimum Gasteiger partial charge on any atom is -0.487 e. The average molecular weight is 329 g/mol. The van der Waals surface area contributed by atoms with Crippen molar-refractivity contribution in [2.75, 3.05) is 5.73 Å². The van der Waals surface area contributed by atoms with Crippen LogP contribution in [0.5, 0.6) is 5.75 Å². The molecule has 0 saturated heterocycles. The predicted octanol–water partition coefficient (Wildman–Crippen LogP) is 3.45. The summed E-state index contributed by atoms with van der Waals surface area (Å²) in [5.74, 6) is 0.935. The highest BCUT2D eigenvalue weighted by molar-refractivity contribution is 6.32. The fraction of sp³-hybridized carbons (Fsp3) is 0.0625. The second-order valence-corrected chi connectivity index (χ2v) is 5.06. The number of hydrogen-bond donors (Lipinski definition) is 1. The summed E-state index contributed by atoms with van der Waals surface area (Å²) in [6.45, 7) is 0.407. The molecule has 0 radical (unpaired) electrons. The Morgan fingerprint density at radius 2 is 2.13 bits per heavy atom. The Balaban J connectivity index is 1.67. The highest BCUT2D eigenvalue weighted by Gasteiger charge is 2.03. The number of halogens is 1. The summed E-state index contributed by atoms with van der Waals surface area (Å²) in [5.41, 5.74) is 7.21. The van der Waals surface area contributed by atoms with Gasteiger partial charge in [0.05, 0.1) is 5.02 Å². The van der Waals surface area contributed by atoms with Gasteiger partial charge in [0.1, 0.15) is 12.4 Å². The SMILES string of the molecule is Nc1nnc(/C=C/c2ccc(OCc3cccnc3)c(Cl)c2)o1. The van der Waals surface area contributed by atoms with Gasteiger partial charge in [-0.2, -0.15) is 0 Å². The zero-order valence-corrected chi connectivity index (χ0v) is 12.8. The molecule has 0 atom stereocenters. The topological polar surface area (TPSA) is 87.1 Å². The van der Waals surface area contributed by atoms with Crippen LogP contribution in [0.3, 0.4) is 0 Å². The van der Waals surface area contributed by atoms with Gasteiger partial charge in [0.15, 0.2) is 0 Å². The van der Waals surface area contributed by atoms with Gasteiger partial charge in [-0.05, 0) is 29.8 Å². The van der Waals surface area contributed by atoms with Crippen LogP contribution in [0.1, 0.15) is 17.0 Å². The molecule has 0 fully saturated rings. The maximum absolute atomic E-state index is 6.24. The Bertz CT molecular complexity index is 818. The fourth-order valence-electron chi connectivity index (χ4n) is 1.86. The normalized spacial score (nSPS) is 11.0. The van der Waals surface area contributed by atoms with Crippen LogP contribution in [0.15, 0.2) is 47.1 Å². The van der Waals surface area contributed by atoms with Crippen molar-refractivity contribution in [2.45, 2.75) is 6.61 Å². The molecule has 0 saturated carbocycles. The zero-order valence-electron chi connectivity index (χ0n) is 12.0. The molecule has 0 spiro atoms. The first-order chi connectivity index (χ1) is 11.2. The molecule has 3 rings (SSSR count). The number of aromatic nitrogens is 3. The lowest BCUT2D eigenvalue weighted by Crippen LogP contribution is -1.96. The Morgan fingerprint density at radius 1 is 1.22 bits per heavy atom. The highest BCUT2D eigenvalue weighted by Crippen LogP contribution is 2.27. The summed E-state index contributed by atoms with van der Waals surface area (Å²) in [6, 6.07) is 9.30. The number of anilines is 1. The molecule has 0 aliphatic heterocycles. The molecule has 0 aliphatic rings. The van der Waals surface area contributed by atoms with Crippen LogP contribution in [0.4, 0.5) is 6.01 Å². The zero-order chi connectivity index (χ0) is 16.1.